The van der Waals surface area contributed by atoms with E-state index in [1.165, 1.54) is 11.8 Å². The number of rotatable bonds is 7. The molecule has 126 valence electrons. The highest BCUT2D eigenvalue weighted by molar-refractivity contribution is 5.65. The molecule has 0 spiro atoms. The third-order valence-corrected chi connectivity index (χ3v) is 3.70. The van der Waals surface area contributed by atoms with E-state index in [1.807, 2.05) is 18.2 Å². The lowest BCUT2D eigenvalue weighted by Crippen LogP contribution is -2.07. The zero-order valence-electron chi connectivity index (χ0n) is 13.7. The van der Waals surface area contributed by atoms with E-state index in [1.54, 1.807) is 12.1 Å². The van der Waals surface area contributed by atoms with E-state index in [0.29, 0.717) is 18.1 Å². The average molecular weight is 334 g/mol. The van der Waals surface area contributed by atoms with E-state index in [0.717, 1.165) is 19.3 Å². The Morgan fingerprint density at radius 1 is 1.08 bits per heavy atom. The molecule has 2 aromatic heterocycles. The second kappa shape index (κ2) is 7.97. The van der Waals surface area contributed by atoms with Gasteiger partial charge in [-0.05, 0) is 37.0 Å². The molecule has 0 bridgehead atoms. The number of nitrogens with two attached hydrogens (primary N) is 1. The first-order chi connectivity index (χ1) is 12.3. The summed E-state index contributed by atoms with van der Waals surface area (Å²) in [6.07, 6.45) is 4.33. The maximum Gasteiger partial charge on any atom is 0.237 e. The van der Waals surface area contributed by atoms with Crippen molar-refractivity contribution in [1.82, 2.24) is 9.97 Å². The van der Waals surface area contributed by atoms with Crippen molar-refractivity contribution in [3.8, 4) is 23.4 Å². The second-order valence-corrected chi connectivity index (χ2v) is 5.49. The second-order valence-electron chi connectivity index (χ2n) is 5.49. The van der Waals surface area contributed by atoms with Crippen LogP contribution in [0.1, 0.15) is 24.0 Å². The lowest BCUT2D eigenvalue weighted by Gasteiger charge is -2.09. The highest BCUT2D eigenvalue weighted by atomic mass is 16.5. The number of nitriles is 1. The van der Waals surface area contributed by atoms with Crippen LogP contribution in [0.5, 0.6) is 5.88 Å². The van der Waals surface area contributed by atoms with Crippen LogP contribution in [0.4, 0.5) is 5.95 Å². The lowest BCUT2D eigenvalue weighted by atomic mass is 10.1. The number of hydrogen-bond acceptors (Lipinski definition) is 6. The normalized spacial score (nSPS) is 10.4. The molecule has 3 rings (SSSR count). The smallest absolute Gasteiger partial charge is 0.237 e. The monoisotopic (exact) mass is 334 g/mol. The van der Waals surface area contributed by atoms with Gasteiger partial charge in [-0.1, -0.05) is 30.3 Å². The molecule has 3 aromatic rings. The molecular formula is C19H18N4O2. The van der Waals surface area contributed by atoms with Gasteiger partial charge in [0.05, 0.1) is 12.9 Å². The van der Waals surface area contributed by atoms with Gasteiger partial charge in [0.25, 0.3) is 0 Å². The molecule has 0 radical (unpaired) electrons. The maximum absolute atomic E-state index is 9.45. The van der Waals surface area contributed by atoms with Gasteiger partial charge in [-0.25, -0.2) is 4.98 Å². The summed E-state index contributed by atoms with van der Waals surface area (Å²) in [5.74, 6) is 0.699. The van der Waals surface area contributed by atoms with Gasteiger partial charge in [0.2, 0.25) is 11.8 Å². The van der Waals surface area contributed by atoms with Crippen molar-refractivity contribution in [2.45, 2.75) is 19.3 Å². The number of anilines is 1. The first-order valence-electron chi connectivity index (χ1n) is 8.06. The van der Waals surface area contributed by atoms with Gasteiger partial charge in [0, 0.05) is 0 Å². The minimum atomic E-state index is 0.0460. The van der Waals surface area contributed by atoms with E-state index in [-0.39, 0.29) is 17.4 Å². The molecule has 6 nitrogen and oxygen atoms in total. The van der Waals surface area contributed by atoms with Crippen molar-refractivity contribution in [1.29, 1.82) is 5.26 Å². The van der Waals surface area contributed by atoms with Gasteiger partial charge < -0.3 is 14.9 Å². The highest BCUT2D eigenvalue weighted by Crippen LogP contribution is 2.28. The summed E-state index contributed by atoms with van der Waals surface area (Å²) in [5, 5.41) is 9.45. The van der Waals surface area contributed by atoms with Crippen LogP contribution in [0.3, 0.4) is 0 Å². The molecular weight excluding hydrogens is 316 g/mol. The topological polar surface area (TPSA) is 98.0 Å². The number of furan rings is 1. The maximum atomic E-state index is 9.45. The number of aromatic nitrogens is 2. The summed E-state index contributed by atoms with van der Waals surface area (Å²) in [7, 11) is 0. The number of hydrogen-bond donors (Lipinski definition) is 1. The van der Waals surface area contributed by atoms with E-state index in [4.69, 9.17) is 14.9 Å². The van der Waals surface area contributed by atoms with Crippen LogP contribution in [0, 0.1) is 11.3 Å². The van der Waals surface area contributed by atoms with E-state index in [2.05, 4.69) is 28.2 Å². The molecule has 0 amide bonds. The molecule has 2 N–H and O–H groups in total. The summed E-state index contributed by atoms with van der Waals surface area (Å²) in [4.78, 5) is 8.15. The van der Waals surface area contributed by atoms with Crippen molar-refractivity contribution < 1.29 is 9.15 Å². The largest absolute Gasteiger partial charge is 0.477 e. The Hall–Kier alpha value is -3.33. The number of nitrogens with zero attached hydrogens (tertiary/aromatic N) is 3. The zero-order chi connectivity index (χ0) is 17.5. The molecule has 0 unspecified atom stereocenters. The van der Waals surface area contributed by atoms with Crippen LogP contribution >= 0.6 is 0 Å². The van der Waals surface area contributed by atoms with Crippen molar-refractivity contribution in [3.05, 3.63) is 59.9 Å². The molecule has 0 fully saturated rings. The van der Waals surface area contributed by atoms with Crippen LogP contribution in [0.15, 0.2) is 53.1 Å². The van der Waals surface area contributed by atoms with Crippen LogP contribution in [-0.2, 0) is 6.42 Å². The number of aryl methyl sites for hydroxylation is 1. The first-order valence-corrected chi connectivity index (χ1v) is 8.06. The Balaban J connectivity index is 1.63. The van der Waals surface area contributed by atoms with Gasteiger partial charge in [-0.15, -0.1) is 0 Å². The molecule has 2 heterocycles. The van der Waals surface area contributed by atoms with Gasteiger partial charge >= 0.3 is 0 Å². The molecule has 0 aliphatic rings. The third kappa shape index (κ3) is 4.15. The Morgan fingerprint density at radius 3 is 2.64 bits per heavy atom. The van der Waals surface area contributed by atoms with Gasteiger partial charge in [0.1, 0.15) is 17.3 Å². The lowest BCUT2D eigenvalue weighted by molar-refractivity contribution is 0.294. The summed E-state index contributed by atoms with van der Waals surface area (Å²) in [5.41, 5.74) is 7.62. The van der Waals surface area contributed by atoms with E-state index >= 15 is 0 Å². The predicted molar refractivity (Wildman–Crippen MR) is 93.7 cm³/mol. The van der Waals surface area contributed by atoms with Crippen LogP contribution in [0.2, 0.25) is 0 Å². The van der Waals surface area contributed by atoms with E-state index < -0.39 is 0 Å². The molecule has 0 saturated carbocycles. The Kier molecular flexibility index (Phi) is 5.27. The zero-order valence-corrected chi connectivity index (χ0v) is 13.7. The highest BCUT2D eigenvalue weighted by Gasteiger charge is 2.18. The summed E-state index contributed by atoms with van der Waals surface area (Å²) < 4.78 is 11.0. The summed E-state index contributed by atoms with van der Waals surface area (Å²) in [6, 6.07) is 15.8. The molecule has 25 heavy (non-hydrogen) atoms. The van der Waals surface area contributed by atoms with Gasteiger partial charge in [-0.3, -0.25) is 0 Å². The predicted octanol–water partition coefficient (Wildman–Crippen LogP) is 3.59. The van der Waals surface area contributed by atoms with Crippen LogP contribution < -0.4 is 10.5 Å². The quantitative estimate of drug-likeness (QED) is 0.663. The minimum Gasteiger partial charge on any atom is -0.477 e. The van der Waals surface area contributed by atoms with Crippen molar-refractivity contribution in [3.63, 3.8) is 0 Å². The number of unbranched alkanes of at least 4 members (excludes halogenated alkanes) is 1. The fraction of sp³-hybridized carbons (Fsp3) is 0.211. The van der Waals surface area contributed by atoms with Crippen molar-refractivity contribution in [2.75, 3.05) is 12.3 Å². The number of ether oxygens (including phenoxy) is 1. The van der Waals surface area contributed by atoms with Crippen molar-refractivity contribution >= 4 is 5.95 Å². The Morgan fingerprint density at radius 2 is 1.92 bits per heavy atom. The Bertz CT molecular complexity index is 855. The van der Waals surface area contributed by atoms with Gasteiger partial charge in [-0.2, -0.15) is 10.2 Å². The molecule has 0 saturated heterocycles. The summed E-state index contributed by atoms with van der Waals surface area (Å²) in [6.45, 7) is 0.454. The fourth-order valence-electron chi connectivity index (χ4n) is 2.50. The number of nitrogen functional groups attached to an aromatic ring is 1. The third-order valence-electron chi connectivity index (χ3n) is 3.70. The van der Waals surface area contributed by atoms with Crippen molar-refractivity contribution in [2.24, 2.45) is 0 Å². The Labute approximate surface area is 145 Å². The minimum absolute atomic E-state index is 0.0460. The molecule has 0 atom stereocenters. The SMILES string of the molecule is N#Cc1c(OCCCCc2ccccc2)nc(N)nc1-c1ccco1. The molecule has 0 aliphatic carbocycles. The standard InChI is InChI=1S/C19H18N4O2/c20-13-15-17(16-10-6-12-24-16)22-19(21)23-18(15)25-11-5-4-9-14-7-2-1-3-8-14/h1-3,6-8,10,12H,4-5,9,11H2,(H2,21,22,23). The van der Waals surface area contributed by atoms with Crippen LogP contribution in [0.25, 0.3) is 11.5 Å². The summed E-state index contributed by atoms with van der Waals surface area (Å²) >= 11 is 0. The molecule has 0 aliphatic heterocycles. The number of benzene rings is 1. The fourth-order valence-corrected chi connectivity index (χ4v) is 2.50. The molecule has 1 aromatic carbocycles. The van der Waals surface area contributed by atoms with E-state index in [9.17, 15) is 5.26 Å². The van der Waals surface area contributed by atoms with Crippen LogP contribution in [-0.4, -0.2) is 16.6 Å². The van der Waals surface area contributed by atoms with Gasteiger partial charge in [0.15, 0.2) is 5.76 Å². The molecule has 6 heteroatoms. The average Bonchev–Trinajstić information content (AvgIpc) is 3.16. The first kappa shape index (κ1) is 16.5.